The minimum Gasteiger partial charge on any atom is -0.388 e. The fraction of sp³-hybridized carbons (Fsp3) is 0.588. The molecule has 1 aliphatic heterocycles. The SMILES string of the molecule is CC(C)(O)[C@H]1CCCN1C(=O)NCCCc1cccc(F)c1. The van der Waals surface area contributed by atoms with Crippen LogP contribution in [0.15, 0.2) is 24.3 Å². The number of carbonyl (C=O) groups excluding carboxylic acids is 1. The van der Waals surface area contributed by atoms with Crippen molar-refractivity contribution in [1.82, 2.24) is 10.2 Å². The Hall–Kier alpha value is -1.62. The number of carbonyl (C=O) groups is 1. The van der Waals surface area contributed by atoms with Crippen LogP contribution in [0, 0.1) is 5.82 Å². The van der Waals surface area contributed by atoms with Crippen LogP contribution in [0.3, 0.4) is 0 Å². The number of rotatable bonds is 5. The molecule has 122 valence electrons. The van der Waals surface area contributed by atoms with E-state index in [1.54, 1.807) is 24.8 Å². The summed E-state index contributed by atoms with van der Waals surface area (Å²) in [6, 6.07) is 6.28. The number of hydrogen-bond donors (Lipinski definition) is 2. The maximum Gasteiger partial charge on any atom is 0.317 e. The molecular formula is C17H25FN2O2. The third kappa shape index (κ3) is 4.44. The molecule has 1 atom stereocenters. The van der Waals surface area contributed by atoms with Crippen LogP contribution in [-0.4, -0.2) is 40.8 Å². The van der Waals surface area contributed by atoms with Gasteiger partial charge >= 0.3 is 6.03 Å². The Morgan fingerprint density at radius 3 is 2.95 bits per heavy atom. The third-order valence-corrected chi connectivity index (χ3v) is 4.14. The minimum atomic E-state index is -0.880. The van der Waals surface area contributed by atoms with E-state index in [2.05, 4.69) is 5.32 Å². The molecular weight excluding hydrogens is 283 g/mol. The summed E-state index contributed by atoms with van der Waals surface area (Å²) in [7, 11) is 0. The molecule has 5 heteroatoms. The lowest BCUT2D eigenvalue weighted by Crippen LogP contribution is -2.51. The van der Waals surface area contributed by atoms with Crippen molar-refractivity contribution in [2.75, 3.05) is 13.1 Å². The van der Waals surface area contributed by atoms with E-state index >= 15 is 0 Å². The minimum absolute atomic E-state index is 0.121. The average Bonchev–Trinajstić information content (AvgIpc) is 2.93. The second-order valence-corrected chi connectivity index (χ2v) is 6.47. The largest absolute Gasteiger partial charge is 0.388 e. The molecule has 22 heavy (non-hydrogen) atoms. The van der Waals surface area contributed by atoms with Gasteiger partial charge in [0.25, 0.3) is 0 Å². The van der Waals surface area contributed by atoms with Crippen molar-refractivity contribution in [1.29, 1.82) is 0 Å². The number of halogens is 1. The molecule has 0 spiro atoms. The summed E-state index contributed by atoms with van der Waals surface area (Å²) in [5.74, 6) is -0.230. The highest BCUT2D eigenvalue weighted by atomic mass is 19.1. The molecule has 4 nitrogen and oxygen atoms in total. The maximum absolute atomic E-state index is 13.1. The maximum atomic E-state index is 13.1. The highest BCUT2D eigenvalue weighted by Crippen LogP contribution is 2.26. The molecule has 1 aromatic carbocycles. The number of aliphatic hydroxyl groups is 1. The Morgan fingerprint density at radius 2 is 2.27 bits per heavy atom. The lowest BCUT2D eigenvalue weighted by Gasteiger charge is -2.33. The Kier molecular flexibility index (Phi) is 5.40. The van der Waals surface area contributed by atoms with E-state index in [0.29, 0.717) is 13.1 Å². The number of likely N-dealkylation sites (tertiary alicyclic amines) is 1. The van der Waals surface area contributed by atoms with Crippen molar-refractivity contribution in [3.05, 3.63) is 35.6 Å². The Balaban J connectivity index is 1.76. The predicted octanol–water partition coefficient (Wildman–Crippen LogP) is 2.70. The van der Waals surface area contributed by atoms with Crippen molar-refractivity contribution in [3.8, 4) is 0 Å². The second-order valence-electron chi connectivity index (χ2n) is 6.47. The van der Waals surface area contributed by atoms with Crippen molar-refractivity contribution in [2.24, 2.45) is 0 Å². The van der Waals surface area contributed by atoms with E-state index in [0.717, 1.165) is 31.2 Å². The van der Waals surface area contributed by atoms with Gasteiger partial charge in [-0.15, -0.1) is 0 Å². The number of nitrogens with one attached hydrogen (secondary N) is 1. The number of urea groups is 1. The van der Waals surface area contributed by atoms with E-state index in [1.165, 1.54) is 12.1 Å². The van der Waals surface area contributed by atoms with Gasteiger partial charge in [-0.1, -0.05) is 12.1 Å². The second kappa shape index (κ2) is 7.09. The summed E-state index contributed by atoms with van der Waals surface area (Å²) < 4.78 is 13.1. The van der Waals surface area contributed by atoms with Crippen LogP contribution in [0.25, 0.3) is 0 Å². The standard InChI is InChI=1S/C17H25FN2O2/c1-17(2,22)15-9-5-11-20(15)16(21)19-10-4-7-13-6-3-8-14(18)12-13/h3,6,8,12,15,22H,4-5,7,9-11H2,1-2H3,(H,19,21)/t15-/m1/s1. The fourth-order valence-corrected chi connectivity index (χ4v) is 3.03. The molecule has 1 fully saturated rings. The quantitative estimate of drug-likeness (QED) is 0.822. The van der Waals surface area contributed by atoms with Gasteiger partial charge in [0.05, 0.1) is 11.6 Å². The smallest absolute Gasteiger partial charge is 0.317 e. The van der Waals surface area contributed by atoms with Crippen LogP contribution in [-0.2, 0) is 6.42 Å². The monoisotopic (exact) mass is 308 g/mol. The normalized spacial score (nSPS) is 18.5. The van der Waals surface area contributed by atoms with Crippen LogP contribution < -0.4 is 5.32 Å². The molecule has 0 unspecified atom stereocenters. The Morgan fingerprint density at radius 1 is 1.50 bits per heavy atom. The van der Waals surface area contributed by atoms with Crippen LogP contribution >= 0.6 is 0 Å². The topological polar surface area (TPSA) is 52.6 Å². The first-order valence-corrected chi connectivity index (χ1v) is 7.89. The van der Waals surface area contributed by atoms with Crippen molar-refractivity contribution in [3.63, 3.8) is 0 Å². The van der Waals surface area contributed by atoms with Crippen molar-refractivity contribution >= 4 is 6.03 Å². The molecule has 1 heterocycles. The van der Waals surface area contributed by atoms with Gasteiger partial charge in [0.2, 0.25) is 0 Å². The first kappa shape index (κ1) is 16.7. The van der Waals surface area contributed by atoms with Gasteiger partial charge in [0, 0.05) is 13.1 Å². The summed E-state index contributed by atoms with van der Waals surface area (Å²) in [5, 5.41) is 13.0. The summed E-state index contributed by atoms with van der Waals surface area (Å²) in [6.45, 7) is 4.72. The summed E-state index contributed by atoms with van der Waals surface area (Å²) >= 11 is 0. The Bertz CT molecular complexity index is 514. The van der Waals surface area contributed by atoms with E-state index in [9.17, 15) is 14.3 Å². The van der Waals surface area contributed by atoms with Gasteiger partial charge in [0.15, 0.2) is 0 Å². The van der Waals surface area contributed by atoms with E-state index in [-0.39, 0.29) is 17.9 Å². The molecule has 2 amide bonds. The lowest BCUT2D eigenvalue weighted by atomic mass is 9.97. The van der Waals surface area contributed by atoms with E-state index in [1.807, 2.05) is 6.07 Å². The summed E-state index contributed by atoms with van der Waals surface area (Å²) in [5.41, 5.74) is 0.0554. The number of hydrogen-bond acceptors (Lipinski definition) is 2. The van der Waals surface area contributed by atoms with Gasteiger partial charge in [-0.25, -0.2) is 9.18 Å². The summed E-state index contributed by atoms with van der Waals surface area (Å²) in [4.78, 5) is 13.9. The number of nitrogens with zero attached hydrogens (tertiary/aromatic N) is 1. The molecule has 0 saturated carbocycles. The number of aryl methyl sites for hydroxylation is 1. The molecule has 2 rings (SSSR count). The van der Waals surface area contributed by atoms with Crippen molar-refractivity contribution in [2.45, 2.75) is 51.2 Å². The molecule has 0 radical (unpaired) electrons. The fourth-order valence-electron chi connectivity index (χ4n) is 3.03. The highest BCUT2D eigenvalue weighted by molar-refractivity contribution is 5.75. The first-order valence-electron chi connectivity index (χ1n) is 7.89. The molecule has 0 aliphatic carbocycles. The molecule has 0 bridgehead atoms. The summed E-state index contributed by atoms with van der Waals surface area (Å²) in [6.07, 6.45) is 3.24. The van der Waals surface area contributed by atoms with E-state index < -0.39 is 5.60 Å². The van der Waals surface area contributed by atoms with Crippen LogP contribution in [0.5, 0.6) is 0 Å². The van der Waals surface area contributed by atoms with Gasteiger partial charge in [0.1, 0.15) is 5.82 Å². The zero-order valence-corrected chi connectivity index (χ0v) is 13.3. The van der Waals surface area contributed by atoms with Gasteiger partial charge in [-0.3, -0.25) is 0 Å². The van der Waals surface area contributed by atoms with Gasteiger partial charge in [-0.05, 0) is 57.2 Å². The van der Waals surface area contributed by atoms with Crippen LogP contribution in [0.2, 0.25) is 0 Å². The molecule has 1 saturated heterocycles. The van der Waals surface area contributed by atoms with E-state index in [4.69, 9.17) is 0 Å². The van der Waals surface area contributed by atoms with Gasteiger partial charge in [-0.2, -0.15) is 0 Å². The van der Waals surface area contributed by atoms with Crippen LogP contribution in [0.4, 0.5) is 9.18 Å². The molecule has 1 aliphatic rings. The molecule has 0 aromatic heterocycles. The zero-order chi connectivity index (χ0) is 16.2. The molecule has 1 aromatic rings. The highest BCUT2D eigenvalue weighted by Gasteiger charge is 2.38. The zero-order valence-electron chi connectivity index (χ0n) is 13.3. The van der Waals surface area contributed by atoms with Crippen LogP contribution in [0.1, 0.15) is 38.7 Å². The molecule has 2 N–H and O–H groups in total. The third-order valence-electron chi connectivity index (χ3n) is 4.14. The first-order chi connectivity index (χ1) is 10.4. The average molecular weight is 308 g/mol. The number of amides is 2. The van der Waals surface area contributed by atoms with Gasteiger partial charge < -0.3 is 15.3 Å². The Labute approximate surface area is 131 Å². The lowest BCUT2D eigenvalue weighted by molar-refractivity contribution is 0.00985. The predicted molar refractivity (Wildman–Crippen MR) is 84.1 cm³/mol. The number of benzene rings is 1. The van der Waals surface area contributed by atoms with Crippen molar-refractivity contribution < 1.29 is 14.3 Å².